The Kier molecular flexibility index (Phi) is 5.36. The summed E-state index contributed by atoms with van der Waals surface area (Å²) in [5.41, 5.74) is 6.95. The van der Waals surface area contributed by atoms with Gasteiger partial charge in [0, 0.05) is 13.2 Å². The van der Waals surface area contributed by atoms with Gasteiger partial charge in [0.25, 0.3) is 0 Å². The third-order valence-electron chi connectivity index (χ3n) is 3.23. The van der Waals surface area contributed by atoms with Gasteiger partial charge in [-0.05, 0) is 30.7 Å². The van der Waals surface area contributed by atoms with Crippen LogP contribution in [0.1, 0.15) is 18.4 Å². The fourth-order valence-electron chi connectivity index (χ4n) is 1.87. The average Bonchev–Trinajstić information content (AvgIpc) is 3.23. The molecule has 1 amide bonds. The number of nitrogens with one attached hydrogen (secondary N) is 1. The van der Waals surface area contributed by atoms with Crippen LogP contribution < -0.4 is 11.1 Å². The third-order valence-corrected chi connectivity index (χ3v) is 3.23. The van der Waals surface area contributed by atoms with E-state index in [0.29, 0.717) is 19.6 Å². The van der Waals surface area contributed by atoms with E-state index >= 15 is 0 Å². The van der Waals surface area contributed by atoms with Gasteiger partial charge in [-0.15, -0.1) is 0 Å². The van der Waals surface area contributed by atoms with Gasteiger partial charge < -0.3 is 15.8 Å². The van der Waals surface area contributed by atoms with Crippen molar-refractivity contribution in [2.75, 3.05) is 19.8 Å². The molecule has 0 heterocycles. The van der Waals surface area contributed by atoms with Gasteiger partial charge in [0.2, 0.25) is 5.91 Å². The van der Waals surface area contributed by atoms with Crippen LogP contribution in [0, 0.1) is 5.92 Å². The van der Waals surface area contributed by atoms with Crippen LogP contribution in [0.5, 0.6) is 0 Å². The van der Waals surface area contributed by atoms with Crippen molar-refractivity contribution in [2.24, 2.45) is 11.7 Å². The second-order valence-corrected chi connectivity index (χ2v) is 5.11. The molecule has 1 unspecified atom stereocenters. The number of rotatable bonds is 8. The van der Waals surface area contributed by atoms with Crippen LogP contribution in [0.4, 0.5) is 0 Å². The first-order valence-corrected chi connectivity index (χ1v) is 6.90. The van der Waals surface area contributed by atoms with E-state index in [1.165, 1.54) is 12.8 Å². The lowest BCUT2D eigenvalue weighted by Gasteiger charge is -2.12. The summed E-state index contributed by atoms with van der Waals surface area (Å²) in [5, 5.41) is 2.81. The molecular weight excluding hydrogens is 240 g/mol. The molecule has 1 aromatic carbocycles. The maximum Gasteiger partial charge on any atom is 0.237 e. The first-order valence-electron chi connectivity index (χ1n) is 6.90. The molecule has 1 aliphatic carbocycles. The molecule has 1 atom stereocenters. The van der Waals surface area contributed by atoms with E-state index in [9.17, 15) is 4.79 Å². The molecule has 1 aromatic rings. The fourth-order valence-corrected chi connectivity index (χ4v) is 1.87. The Labute approximate surface area is 114 Å². The number of ether oxygens (including phenoxy) is 1. The van der Waals surface area contributed by atoms with Gasteiger partial charge >= 0.3 is 0 Å². The lowest BCUT2D eigenvalue weighted by molar-refractivity contribution is -0.122. The summed E-state index contributed by atoms with van der Waals surface area (Å²) in [7, 11) is 0. The number of hydrogen-bond acceptors (Lipinski definition) is 3. The minimum absolute atomic E-state index is 0.112. The molecule has 104 valence electrons. The van der Waals surface area contributed by atoms with Crippen molar-refractivity contribution in [2.45, 2.75) is 25.3 Å². The summed E-state index contributed by atoms with van der Waals surface area (Å²) in [4.78, 5) is 11.8. The van der Waals surface area contributed by atoms with Crippen LogP contribution in [0.3, 0.4) is 0 Å². The van der Waals surface area contributed by atoms with Crippen LogP contribution in [-0.2, 0) is 16.0 Å². The lowest BCUT2D eigenvalue weighted by atomic mass is 10.1. The van der Waals surface area contributed by atoms with Gasteiger partial charge in [-0.3, -0.25) is 4.79 Å². The molecule has 0 bridgehead atoms. The van der Waals surface area contributed by atoms with Gasteiger partial charge in [-0.25, -0.2) is 0 Å². The average molecular weight is 262 g/mol. The number of amides is 1. The molecular formula is C15H22N2O2. The van der Waals surface area contributed by atoms with Gasteiger partial charge in [-0.2, -0.15) is 0 Å². The van der Waals surface area contributed by atoms with E-state index in [1.54, 1.807) is 0 Å². The zero-order valence-corrected chi connectivity index (χ0v) is 11.2. The first-order chi connectivity index (χ1) is 9.25. The van der Waals surface area contributed by atoms with Crippen LogP contribution in [0.25, 0.3) is 0 Å². The molecule has 0 aliphatic heterocycles. The molecule has 1 saturated carbocycles. The smallest absolute Gasteiger partial charge is 0.237 e. The van der Waals surface area contributed by atoms with Crippen LogP contribution in [0.15, 0.2) is 30.3 Å². The van der Waals surface area contributed by atoms with E-state index < -0.39 is 6.04 Å². The van der Waals surface area contributed by atoms with Crippen LogP contribution in [-0.4, -0.2) is 31.7 Å². The van der Waals surface area contributed by atoms with Crippen molar-refractivity contribution >= 4 is 5.91 Å². The topological polar surface area (TPSA) is 64.4 Å². The van der Waals surface area contributed by atoms with Crippen molar-refractivity contribution in [1.82, 2.24) is 5.32 Å². The van der Waals surface area contributed by atoms with Gasteiger partial charge in [0.1, 0.15) is 0 Å². The highest BCUT2D eigenvalue weighted by Crippen LogP contribution is 2.28. The molecule has 1 fully saturated rings. The Bertz CT molecular complexity index is 390. The monoisotopic (exact) mass is 262 g/mol. The second-order valence-electron chi connectivity index (χ2n) is 5.11. The molecule has 0 aromatic heterocycles. The SMILES string of the molecule is NC(Cc1ccccc1)C(=O)NCCOCC1CC1. The first kappa shape index (κ1) is 14.0. The lowest BCUT2D eigenvalue weighted by Crippen LogP contribution is -2.43. The maximum atomic E-state index is 11.8. The summed E-state index contributed by atoms with van der Waals surface area (Å²) < 4.78 is 5.45. The predicted octanol–water partition coefficient (Wildman–Crippen LogP) is 1.10. The highest BCUT2D eigenvalue weighted by atomic mass is 16.5. The molecule has 0 radical (unpaired) electrons. The molecule has 2 rings (SSSR count). The summed E-state index contributed by atoms with van der Waals surface area (Å²) in [6.07, 6.45) is 3.14. The Morgan fingerprint density at radius 1 is 1.37 bits per heavy atom. The van der Waals surface area contributed by atoms with E-state index in [-0.39, 0.29) is 5.91 Å². The Hall–Kier alpha value is -1.39. The van der Waals surface area contributed by atoms with E-state index in [0.717, 1.165) is 18.1 Å². The highest BCUT2D eigenvalue weighted by Gasteiger charge is 2.21. The van der Waals surface area contributed by atoms with Crippen LogP contribution >= 0.6 is 0 Å². The van der Waals surface area contributed by atoms with Crippen molar-refractivity contribution in [3.8, 4) is 0 Å². The minimum Gasteiger partial charge on any atom is -0.379 e. The molecule has 1 aliphatic rings. The van der Waals surface area contributed by atoms with Gasteiger partial charge in [-0.1, -0.05) is 30.3 Å². The van der Waals surface area contributed by atoms with Crippen molar-refractivity contribution in [3.63, 3.8) is 0 Å². The summed E-state index contributed by atoms with van der Waals surface area (Å²) in [6, 6.07) is 9.31. The van der Waals surface area contributed by atoms with Crippen LogP contribution in [0.2, 0.25) is 0 Å². The summed E-state index contributed by atoms with van der Waals surface area (Å²) >= 11 is 0. The highest BCUT2D eigenvalue weighted by molar-refractivity contribution is 5.81. The zero-order valence-electron chi connectivity index (χ0n) is 11.2. The fraction of sp³-hybridized carbons (Fsp3) is 0.533. The van der Waals surface area contributed by atoms with E-state index in [1.807, 2.05) is 30.3 Å². The Balaban J connectivity index is 1.58. The number of nitrogens with two attached hydrogens (primary N) is 1. The number of hydrogen-bond donors (Lipinski definition) is 2. The molecule has 19 heavy (non-hydrogen) atoms. The Morgan fingerprint density at radius 3 is 2.79 bits per heavy atom. The number of carbonyl (C=O) groups excluding carboxylic acids is 1. The van der Waals surface area contributed by atoms with E-state index in [4.69, 9.17) is 10.5 Å². The molecule has 4 nitrogen and oxygen atoms in total. The standard InChI is InChI=1S/C15H22N2O2/c16-14(10-12-4-2-1-3-5-12)15(18)17-8-9-19-11-13-6-7-13/h1-5,13-14H,6-11,16H2,(H,17,18). The van der Waals surface area contributed by atoms with E-state index in [2.05, 4.69) is 5.32 Å². The van der Waals surface area contributed by atoms with Crippen molar-refractivity contribution < 1.29 is 9.53 Å². The zero-order chi connectivity index (χ0) is 13.5. The summed E-state index contributed by atoms with van der Waals surface area (Å²) in [6.45, 7) is 1.93. The third kappa shape index (κ3) is 5.41. The number of benzene rings is 1. The molecule has 0 spiro atoms. The minimum atomic E-state index is -0.495. The van der Waals surface area contributed by atoms with Crippen molar-refractivity contribution in [3.05, 3.63) is 35.9 Å². The normalized spacial score (nSPS) is 16.1. The Morgan fingerprint density at radius 2 is 2.11 bits per heavy atom. The maximum absolute atomic E-state index is 11.8. The predicted molar refractivity (Wildman–Crippen MR) is 74.7 cm³/mol. The van der Waals surface area contributed by atoms with Gasteiger partial charge in [0.15, 0.2) is 0 Å². The number of carbonyl (C=O) groups is 1. The molecule has 4 heteroatoms. The quantitative estimate of drug-likeness (QED) is 0.690. The molecule has 0 saturated heterocycles. The largest absolute Gasteiger partial charge is 0.379 e. The van der Waals surface area contributed by atoms with Gasteiger partial charge in [0.05, 0.1) is 12.6 Å². The molecule has 3 N–H and O–H groups in total. The van der Waals surface area contributed by atoms with Crippen molar-refractivity contribution in [1.29, 1.82) is 0 Å². The summed E-state index contributed by atoms with van der Waals surface area (Å²) in [5.74, 6) is 0.648. The second kappa shape index (κ2) is 7.26.